The van der Waals surface area contributed by atoms with Crippen molar-refractivity contribution in [1.82, 2.24) is 0 Å². The number of carbonyl (C=O) groups excluding carboxylic acids is 1. The molecule has 0 aliphatic heterocycles. The molecule has 0 aliphatic carbocycles. The summed E-state index contributed by atoms with van der Waals surface area (Å²) in [5.74, 6) is 0.377. The zero-order valence-electron chi connectivity index (χ0n) is 18.4. The Morgan fingerprint density at radius 1 is 0.875 bits per heavy atom. The van der Waals surface area contributed by atoms with Crippen molar-refractivity contribution < 1.29 is 22.7 Å². The molecule has 7 heteroatoms. The van der Waals surface area contributed by atoms with Crippen LogP contribution in [0.2, 0.25) is 0 Å². The standard InChI is InChI=1S/C25H25NO5S/c1-18-9-8-12-22(19(18)2)26(32(28,29)21-10-6-5-7-11-21)25(27)16-14-20-13-15-23(30-3)24(17-20)31-4/h5-17H,1-4H3/b16-14+. The van der Waals surface area contributed by atoms with Crippen molar-refractivity contribution in [3.63, 3.8) is 0 Å². The molecule has 0 unspecified atom stereocenters. The smallest absolute Gasteiger partial charge is 0.271 e. The van der Waals surface area contributed by atoms with Crippen LogP contribution < -0.4 is 13.8 Å². The molecule has 166 valence electrons. The molecule has 0 saturated carbocycles. The topological polar surface area (TPSA) is 72.9 Å². The van der Waals surface area contributed by atoms with Gasteiger partial charge in [0.15, 0.2) is 11.5 Å². The van der Waals surface area contributed by atoms with E-state index in [1.54, 1.807) is 61.5 Å². The van der Waals surface area contributed by atoms with Crippen LogP contribution in [0.4, 0.5) is 5.69 Å². The van der Waals surface area contributed by atoms with Gasteiger partial charge in [0.05, 0.1) is 24.8 Å². The Morgan fingerprint density at radius 2 is 1.56 bits per heavy atom. The molecule has 0 atom stereocenters. The van der Waals surface area contributed by atoms with Gasteiger partial charge in [-0.15, -0.1) is 0 Å². The van der Waals surface area contributed by atoms with Gasteiger partial charge in [-0.25, -0.2) is 8.42 Å². The molecule has 0 radical (unpaired) electrons. The normalized spacial score (nSPS) is 11.4. The van der Waals surface area contributed by atoms with E-state index in [9.17, 15) is 13.2 Å². The van der Waals surface area contributed by atoms with Crippen LogP contribution in [-0.4, -0.2) is 28.5 Å². The van der Waals surface area contributed by atoms with Crippen molar-refractivity contribution in [1.29, 1.82) is 0 Å². The predicted molar refractivity (Wildman–Crippen MR) is 126 cm³/mol. The van der Waals surface area contributed by atoms with Crippen molar-refractivity contribution >= 4 is 27.7 Å². The highest BCUT2D eigenvalue weighted by Crippen LogP contribution is 2.30. The van der Waals surface area contributed by atoms with E-state index < -0.39 is 15.9 Å². The number of aryl methyl sites for hydroxylation is 1. The maximum absolute atomic E-state index is 13.5. The van der Waals surface area contributed by atoms with Crippen molar-refractivity contribution in [2.75, 3.05) is 18.5 Å². The summed E-state index contributed by atoms with van der Waals surface area (Å²) in [6, 6.07) is 18.3. The van der Waals surface area contributed by atoms with Gasteiger partial charge in [-0.05, 0) is 66.9 Å². The predicted octanol–water partition coefficient (Wildman–Crippen LogP) is 4.76. The van der Waals surface area contributed by atoms with Crippen LogP contribution in [0.5, 0.6) is 11.5 Å². The molecular weight excluding hydrogens is 426 g/mol. The van der Waals surface area contributed by atoms with Crippen molar-refractivity contribution in [3.8, 4) is 11.5 Å². The van der Waals surface area contributed by atoms with Gasteiger partial charge in [0.2, 0.25) is 0 Å². The summed E-state index contributed by atoms with van der Waals surface area (Å²) < 4.78 is 38.3. The second kappa shape index (κ2) is 9.70. The lowest BCUT2D eigenvalue weighted by Crippen LogP contribution is -2.36. The molecule has 3 aromatic carbocycles. The molecule has 0 N–H and O–H groups in total. The molecule has 3 rings (SSSR count). The summed E-state index contributed by atoms with van der Waals surface area (Å²) >= 11 is 0. The molecule has 0 spiro atoms. The number of amides is 1. The summed E-state index contributed by atoms with van der Waals surface area (Å²) in [6.07, 6.45) is 2.78. The highest BCUT2D eigenvalue weighted by Gasteiger charge is 2.31. The number of sulfonamides is 1. The molecule has 0 heterocycles. The average molecular weight is 452 g/mol. The second-order valence-corrected chi connectivity index (χ2v) is 8.87. The molecule has 0 aliphatic rings. The molecule has 0 aromatic heterocycles. The zero-order valence-corrected chi connectivity index (χ0v) is 19.2. The molecule has 1 amide bonds. The summed E-state index contributed by atoms with van der Waals surface area (Å²) in [5, 5.41) is 0. The molecular formula is C25H25NO5S. The summed E-state index contributed by atoms with van der Waals surface area (Å²) in [4.78, 5) is 13.3. The third-order valence-electron chi connectivity index (χ3n) is 5.10. The van der Waals surface area contributed by atoms with Gasteiger partial charge in [0.1, 0.15) is 0 Å². The first-order chi connectivity index (χ1) is 15.3. The van der Waals surface area contributed by atoms with Gasteiger partial charge >= 0.3 is 0 Å². The molecule has 0 saturated heterocycles. The van der Waals surface area contributed by atoms with Gasteiger partial charge in [0.25, 0.3) is 15.9 Å². The number of hydrogen-bond acceptors (Lipinski definition) is 5. The third-order valence-corrected chi connectivity index (χ3v) is 6.83. The van der Waals surface area contributed by atoms with E-state index in [1.807, 2.05) is 13.0 Å². The average Bonchev–Trinajstić information content (AvgIpc) is 2.80. The quantitative estimate of drug-likeness (QED) is 0.485. The number of anilines is 1. The molecule has 6 nitrogen and oxygen atoms in total. The third kappa shape index (κ3) is 4.68. The largest absolute Gasteiger partial charge is 0.493 e. The Hall–Kier alpha value is -3.58. The minimum absolute atomic E-state index is 0.0359. The fraction of sp³-hybridized carbons (Fsp3) is 0.160. The highest BCUT2D eigenvalue weighted by molar-refractivity contribution is 7.93. The summed E-state index contributed by atoms with van der Waals surface area (Å²) in [6.45, 7) is 3.67. The Balaban J connectivity index is 2.07. The van der Waals surface area contributed by atoms with Gasteiger partial charge in [-0.1, -0.05) is 36.4 Å². The molecule has 32 heavy (non-hydrogen) atoms. The SMILES string of the molecule is COc1ccc(/C=C/C(=O)N(c2cccc(C)c2C)S(=O)(=O)c2ccccc2)cc1OC. The Labute approximate surface area is 188 Å². The van der Waals surface area contributed by atoms with E-state index in [2.05, 4.69) is 0 Å². The summed E-state index contributed by atoms with van der Waals surface area (Å²) in [7, 11) is -1.08. The van der Waals surface area contributed by atoms with Crippen LogP contribution in [0.15, 0.2) is 77.7 Å². The van der Waals surface area contributed by atoms with Gasteiger partial charge in [-0.2, -0.15) is 4.31 Å². The lowest BCUT2D eigenvalue weighted by atomic mass is 10.1. The number of ether oxygens (including phenoxy) is 2. The van der Waals surface area contributed by atoms with E-state index in [0.29, 0.717) is 28.3 Å². The Bertz CT molecular complexity index is 1250. The van der Waals surface area contributed by atoms with Gasteiger partial charge in [0, 0.05) is 6.08 Å². The van der Waals surface area contributed by atoms with Gasteiger partial charge < -0.3 is 9.47 Å². The van der Waals surface area contributed by atoms with E-state index in [1.165, 1.54) is 32.4 Å². The number of rotatable bonds is 7. The first kappa shape index (κ1) is 23.1. The monoisotopic (exact) mass is 451 g/mol. The highest BCUT2D eigenvalue weighted by atomic mass is 32.2. The Morgan fingerprint density at radius 3 is 2.22 bits per heavy atom. The maximum Gasteiger partial charge on any atom is 0.271 e. The lowest BCUT2D eigenvalue weighted by molar-refractivity contribution is -0.113. The minimum atomic E-state index is -4.13. The lowest BCUT2D eigenvalue weighted by Gasteiger charge is -2.24. The van der Waals surface area contributed by atoms with Crippen LogP contribution in [0.3, 0.4) is 0 Å². The van der Waals surface area contributed by atoms with Crippen LogP contribution in [-0.2, 0) is 14.8 Å². The zero-order chi connectivity index (χ0) is 23.3. The van der Waals surface area contributed by atoms with Crippen molar-refractivity contribution in [2.24, 2.45) is 0 Å². The van der Waals surface area contributed by atoms with E-state index >= 15 is 0 Å². The first-order valence-corrected chi connectivity index (χ1v) is 11.3. The Kier molecular flexibility index (Phi) is 7.00. The fourth-order valence-electron chi connectivity index (χ4n) is 3.21. The van der Waals surface area contributed by atoms with Crippen LogP contribution >= 0.6 is 0 Å². The fourth-order valence-corrected chi connectivity index (χ4v) is 4.68. The minimum Gasteiger partial charge on any atom is -0.493 e. The van der Waals surface area contributed by atoms with E-state index in [-0.39, 0.29) is 4.90 Å². The second-order valence-electron chi connectivity index (χ2n) is 7.09. The molecule has 0 bridgehead atoms. The van der Waals surface area contributed by atoms with Gasteiger partial charge in [-0.3, -0.25) is 4.79 Å². The first-order valence-electron chi connectivity index (χ1n) is 9.90. The number of hydrogen-bond donors (Lipinski definition) is 0. The van der Waals surface area contributed by atoms with Crippen molar-refractivity contribution in [2.45, 2.75) is 18.7 Å². The number of carbonyl (C=O) groups is 1. The van der Waals surface area contributed by atoms with E-state index in [4.69, 9.17) is 9.47 Å². The van der Waals surface area contributed by atoms with E-state index in [0.717, 1.165) is 9.87 Å². The van der Waals surface area contributed by atoms with Crippen molar-refractivity contribution in [3.05, 3.63) is 89.5 Å². The maximum atomic E-state index is 13.5. The number of methoxy groups -OCH3 is 2. The molecule has 3 aromatic rings. The molecule has 0 fully saturated rings. The van der Waals surface area contributed by atoms with Crippen LogP contribution in [0.1, 0.15) is 16.7 Å². The van der Waals surface area contributed by atoms with Crippen LogP contribution in [0.25, 0.3) is 6.08 Å². The summed E-state index contributed by atoms with van der Waals surface area (Å²) in [5.41, 5.74) is 2.57. The number of benzene rings is 3. The van der Waals surface area contributed by atoms with Crippen LogP contribution in [0, 0.1) is 13.8 Å². The number of nitrogens with zero attached hydrogens (tertiary/aromatic N) is 1.